The van der Waals surface area contributed by atoms with Gasteiger partial charge in [-0.2, -0.15) is 0 Å². The summed E-state index contributed by atoms with van der Waals surface area (Å²) in [4.78, 5) is 18.9. The summed E-state index contributed by atoms with van der Waals surface area (Å²) in [7, 11) is 0. The van der Waals surface area contributed by atoms with Crippen LogP contribution in [0.4, 0.5) is 0 Å². The molecule has 21 heavy (non-hydrogen) atoms. The van der Waals surface area contributed by atoms with Crippen LogP contribution >= 0.6 is 0 Å². The van der Waals surface area contributed by atoms with Crippen LogP contribution in [0.5, 0.6) is 0 Å². The zero-order valence-electron chi connectivity index (χ0n) is 12.1. The number of aryl methyl sites for hydroxylation is 1. The topological polar surface area (TPSA) is 55.0 Å². The van der Waals surface area contributed by atoms with Crippen molar-refractivity contribution >= 4 is 0 Å². The molecule has 1 atom stereocenters. The van der Waals surface area contributed by atoms with E-state index >= 15 is 0 Å². The molecule has 0 saturated carbocycles. The van der Waals surface area contributed by atoms with Gasteiger partial charge in [0.2, 0.25) is 0 Å². The Bertz CT molecular complexity index is 764. The van der Waals surface area contributed by atoms with Gasteiger partial charge in [-0.1, -0.05) is 12.1 Å². The first-order valence-corrected chi connectivity index (χ1v) is 7.48. The van der Waals surface area contributed by atoms with Gasteiger partial charge < -0.3 is 9.72 Å². The molecular weight excluding hydrogens is 264 g/mol. The van der Waals surface area contributed by atoms with E-state index in [2.05, 4.69) is 29.0 Å². The zero-order chi connectivity index (χ0) is 14.4. The van der Waals surface area contributed by atoms with Crippen LogP contribution in [0.2, 0.25) is 0 Å². The van der Waals surface area contributed by atoms with Gasteiger partial charge in [0, 0.05) is 5.56 Å². The van der Waals surface area contributed by atoms with E-state index in [0.717, 1.165) is 43.7 Å². The van der Waals surface area contributed by atoms with Gasteiger partial charge in [0.25, 0.3) is 5.56 Å². The Hall–Kier alpha value is -1.94. The van der Waals surface area contributed by atoms with Gasteiger partial charge in [0.1, 0.15) is 0 Å². The van der Waals surface area contributed by atoms with E-state index in [0.29, 0.717) is 5.92 Å². The predicted octanol–water partition coefficient (Wildman–Crippen LogP) is 2.38. The highest BCUT2D eigenvalue weighted by Gasteiger charge is 2.28. The maximum atomic E-state index is 11.8. The highest BCUT2D eigenvalue weighted by atomic mass is 16.5. The lowest BCUT2D eigenvalue weighted by Crippen LogP contribution is -2.24. The van der Waals surface area contributed by atoms with Crippen LogP contribution in [0.25, 0.3) is 0 Å². The van der Waals surface area contributed by atoms with E-state index in [4.69, 9.17) is 4.74 Å². The maximum absolute atomic E-state index is 11.8. The first kappa shape index (κ1) is 12.8. The zero-order valence-corrected chi connectivity index (χ0v) is 12.1. The number of hydrogen-bond donors (Lipinski definition) is 1. The van der Waals surface area contributed by atoms with Gasteiger partial charge in [-0.05, 0) is 54.4 Å². The molecule has 1 N–H and O–H groups in total. The molecule has 4 nitrogen and oxygen atoms in total. The lowest BCUT2D eigenvalue weighted by molar-refractivity contribution is 0.134. The molecule has 1 aliphatic carbocycles. The van der Waals surface area contributed by atoms with Crippen LogP contribution in [0.15, 0.2) is 23.3 Å². The Morgan fingerprint density at radius 1 is 1.29 bits per heavy atom. The minimum atomic E-state index is 0.0248. The molecule has 0 saturated heterocycles. The highest BCUT2D eigenvalue weighted by molar-refractivity contribution is 5.45. The highest BCUT2D eigenvalue weighted by Crippen LogP contribution is 2.37. The molecule has 2 heterocycles. The molecule has 0 fully saturated rings. The largest absolute Gasteiger partial charge is 0.372 e. The van der Waals surface area contributed by atoms with Crippen LogP contribution in [0.1, 0.15) is 45.8 Å². The third kappa shape index (κ3) is 2.02. The van der Waals surface area contributed by atoms with Crippen molar-refractivity contribution in [2.45, 2.75) is 45.3 Å². The van der Waals surface area contributed by atoms with E-state index in [1.165, 1.54) is 28.6 Å². The molecule has 0 radical (unpaired) electrons. The number of nitrogens with zero attached hydrogens (tertiary/aromatic N) is 1. The molecule has 0 amide bonds. The van der Waals surface area contributed by atoms with Crippen LogP contribution < -0.4 is 5.56 Å². The normalized spacial score (nSPS) is 20.1. The van der Waals surface area contributed by atoms with Crippen molar-refractivity contribution in [2.75, 3.05) is 0 Å². The van der Waals surface area contributed by atoms with E-state index in [-0.39, 0.29) is 5.56 Å². The maximum Gasteiger partial charge on any atom is 0.254 e. The summed E-state index contributed by atoms with van der Waals surface area (Å²) < 4.78 is 5.62. The van der Waals surface area contributed by atoms with E-state index in [1.807, 2.05) is 0 Å². The third-order valence-corrected chi connectivity index (χ3v) is 4.81. The van der Waals surface area contributed by atoms with Crippen molar-refractivity contribution in [3.05, 3.63) is 62.3 Å². The number of hydrogen-bond acceptors (Lipinski definition) is 3. The molecule has 0 bridgehead atoms. The fraction of sp³-hybridized carbons (Fsp3) is 0.412. The molecule has 4 rings (SSSR count). The monoisotopic (exact) mass is 282 g/mol. The van der Waals surface area contributed by atoms with Gasteiger partial charge >= 0.3 is 0 Å². The van der Waals surface area contributed by atoms with Crippen molar-refractivity contribution in [2.24, 2.45) is 0 Å². The molecule has 1 aliphatic heterocycles. The molecule has 1 unspecified atom stereocenters. The first-order valence-electron chi connectivity index (χ1n) is 7.48. The summed E-state index contributed by atoms with van der Waals surface area (Å²) in [6.45, 7) is 3.62. The summed E-state index contributed by atoms with van der Waals surface area (Å²) in [6, 6.07) is 4.38. The first-order chi connectivity index (χ1) is 10.2. The Kier molecular flexibility index (Phi) is 2.93. The van der Waals surface area contributed by atoms with Crippen LogP contribution in [0.3, 0.4) is 0 Å². The fourth-order valence-electron chi connectivity index (χ4n) is 3.76. The number of fused-ring (bicyclic) bond motifs is 2. The fourth-order valence-corrected chi connectivity index (χ4v) is 3.76. The van der Waals surface area contributed by atoms with Gasteiger partial charge in [-0.25, -0.2) is 4.98 Å². The van der Waals surface area contributed by atoms with E-state index < -0.39 is 0 Å². The Morgan fingerprint density at radius 3 is 3.10 bits per heavy atom. The predicted molar refractivity (Wildman–Crippen MR) is 79.3 cm³/mol. The number of nitrogens with one attached hydrogen (secondary N) is 1. The summed E-state index contributed by atoms with van der Waals surface area (Å²) in [5.41, 5.74) is 7.31. The second kappa shape index (κ2) is 4.81. The molecule has 2 aliphatic rings. The van der Waals surface area contributed by atoms with Crippen molar-refractivity contribution in [3.63, 3.8) is 0 Å². The number of aromatic nitrogens is 2. The standard InChI is InChI=1S/C17H18N2O2/c1-10-2-3-12-7-21-8-14(12)16(10)11-4-5-13-15(6-11)18-9-19-17(13)20/h2-3,9,11H,4-8H2,1H3,(H,18,19,20). The molecule has 0 spiro atoms. The molecule has 1 aromatic carbocycles. The third-order valence-electron chi connectivity index (χ3n) is 4.81. The summed E-state index contributed by atoms with van der Waals surface area (Å²) >= 11 is 0. The molecule has 4 heteroatoms. The summed E-state index contributed by atoms with van der Waals surface area (Å²) in [5, 5.41) is 0. The second-order valence-corrected chi connectivity index (χ2v) is 6.02. The minimum absolute atomic E-state index is 0.0248. The Balaban J connectivity index is 1.77. The van der Waals surface area contributed by atoms with Crippen LogP contribution in [-0.4, -0.2) is 9.97 Å². The Labute approximate surface area is 123 Å². The van der Waals surface area contributed by atoms with Crippen molar-refractivity contribution < 1.29 is 4.74 Å². The average molecular weight is 282 g/mol. The van der Waals surface area contributed by atoms with Gasteiger partial charge in [-0.3, -0.25) is 4.79 Å². The van der Waals surface area contributed by atoms with Crippen molar-refractivity contribution in [1.29, 1.82) is 0 Å². The SMILES string of the molecule is Cc1ccc2c(c1C1CCc3c(nc[nH]c3=O)C1)COC2. The summed E-state index contributed by atoms with van der Waals surface area (Å²) in [5.74, 6) is 0.448. The van der Waals surface area contributed by atoms with Crippen LogP contribution in [-0.2, 0) is 30.8 Å². The average Bonchev–Trinajstić information content (AvgIpc) is 2.95. The molecule has 108 valence electrons. The summed E-state index contributed by atoms with van der Waals surface area (Å²) in [6.07, 6.45) is 4.21. The van der Waals surface area contributed by atoms with E-state index in [1.54, 1.807) is 0 Å². The Morgan fingerprint density at radius 2 is 2.19 bits per heavy atom. The van der Waals surface area contributed by atoms with Crippen molar-refractivity contribution in [3.8, 4) is 0 Å². The number of H-pyrrole nitrogens is 1. The van der Waals surface area contributed by atoms with Gasteiger partial charge in [0.05, 0.1) is 25.2 Å². The van der Waals surface area contributed by atoms with Gasteiger partial charge in [-0.15, -0.1) is 0 Å². The number of ether oxygens (including phenoxy) is 1. The molecule has 2 aromatic rings. The molecular formula is C17H18N2O2. The van der Waals surface area contributed by atoms with Crippen LogP contribution in [0, 0.1) is 6.92 Å². The number of benzene rings is 1. The minimum Gasteiger partial charge on any atom is -0.372 e. The molecule has 1 aromatic heterocycles. The second-order valence-electron chi connectivity index (χ2n) is 6.02. The van der Waals surface area contributed by atoms with E-state index in [9.17, 15) is 4.79 Å². The number of rotatable bonds is 1. The van der Waals surface area contributed by atoms with Gasteiger partial charge in [0.15, 0.2) is 0 Å². The lowest BCUT2D eigenvalue weighted by atomic mass is 9.78. The lowest BCUT2D eigenvalue weighted by Gasteiger charge is -2.26. The quantitative estimate of drug-likeness (QED) is 0.873. The number of aromatic amines is 1. The smallest absolute Gasteiger partial charge is 0.254 e. The van der Waals surface area contributed by atoms with Crippen molar-refractivity contribution in [1.82, 2.24) is 9.97 Å².